The Morgan fingerprint density at radius 2 is 1.96 bits per heavy atom. The van der Waals surface area contributed by atoms with E-state index in [1.54, 1.807) is 59.3 Å². The molecule has 0 aliphatic rings. The number of carbonyl (C=O) groups is 2. The molecule has 0 saturated heterocycles. The van der Waals surface area contributed by atoms with Crippen LogP contribution in [-0.2, 0) is 0 Å². The average Bonchev–Trinajstić information content (AvgIpc) is 3.16. The van der Waals surface area contributed by atoms with Crippen LogP contribution in [0.3, 0.4) is 0 Å². The molecule has 0 N–H and O–H groups in total. The Morgan fingerprint density at radius 3 is 2.67 bits per heavy atom. The molecule has 3 aromatic rings. The summed E-state index contributed by atoms with van der Waals surface area (Å²) >= 11 is 6.16. The van der Waals surface area contributed by atoms with Gasteiger partial charge in [0.2, 0.25) is 0 Å². The Kier molecular flexibility index (Phi) is 5.62. The number of nitrogens with zero attached hydrogens (tertiary/aromatic N) is 1. The molecule has 2 aromatic carbocycles. The van der Waals surface area contributed by atoms with Gasteiger partial charge in [-0.1, -0.05) is 17.7 Å². The maximum absolute atomic E-state index is 13.4. The number of hydrogen-bond acceptors (Lipinski definition) is 4. The maximum Gasteiger partial charge on any atom is 0.199 e. The van der Waals surface area contributed by atoms with Gasteiger partial charge in [-0.05, 0) is 49.4 Å². The van der Waals surface area contributed by atoms with E-state index >= 15 is 0 Å². The summed E-state index contributed by atoms with van der Waals surface area (Å²) in [6, 6.07) is 13.5. The van der Waals surface area contributed by atoms with Crippen LogP contribution < -0.4 is 9.47 Å². The first-order valence-electron chi connectivity index (χ1n) is 8.37. The SMILES string of the molecule is CCOc1c(OC)cccc1C(=O)c1cc(Cl)ccc1-n1cccc1C=O. The van der Waals surface area contributed by atoms with E-state index in [1.807, 2.05) is 6.92 Å². The Labute approximate surface area is 162 Å². The number of para-hydroxylation sites is 1. The first-order chi connectivity index (χ1) is 13.1. The van der Waals surface area contributed by atoms with Crippen LogP contribution in [0.25, 0.3) is 5.69 Å². The summed E-state index contributed by atoms with van der Waals surface area (Å²) in [4.78, 5) is 24.7. The van der Waals surface area contributed by atoms with Gasteiger partial charge in [0.25, 0.3) is 0 Å². The highest BCUT2D eigenvalue weighted by atomic mass is 35.5. The van der Waals surface area contributed by atoms with Gasteiger partial charge in [-0.2, -0.15) is 0 Å². The van der Waals surface area contributed by atoms with E-state index in [1.165, 1.54) is 7.11 Å². The van der Waals surface area contributed by atoms with Crippen LogP contribution in [0, 0.1) is 0 Å². The van der Waals surface area contributed by atoms with Crippen molar-refractivity contribution in [3.63, 3.8) is 0 Å². The van der Waals surface area contributed by atoms with Gasteiger partial charge in [0.15, 0.2) is 23.6 Å². The Morgan fingerprint density at radius 1 is 1.15 bits per heavy atom. The molecule has 3 rings (SSSR count). The smallest absolute Gasteiger partial charge is 0.199 e. The number of aldehydes is 1. The Bertz CT molecular complexity index is 994. The molecule has 0 unspecified atom stereocenters. The molecule has 0 atom stereocenters. The molecule has 6 heteroatoms. The summed E-state index contributed by atoms with van der Waals surface area (Å²) < 4.78 is 12.6. The highest BCUT2D eigenvalue weighted by Crippen LogP contribution is 2.34. The summed E-state index contributed by atoms with van der Waals surface area (Å²) in [6.45, 7) is 2.22. The zero-order valence-electron chi connectivity index (χ0n) is 14.9. The predicted molar refractivity (Wildman–Crippen MR) is 104 cm³/mol. The third-order valence-corrected chi connectivity index (χ3v) is 4.33. The molecule has 1 aromatic heterocycles. The normalized spacial score (nSPS) is 10.5. The molecule has 0 aliphatic carbocycles. The standard InChI is InChI=1S/C21H18ClNO4/c1-3-27-21-16(7-4-8-19(21)26-2)20(25)17-12-14(22)9-10-18(17)23-11-5-6-15(23)13-24/h4-13H,3H2,1-2H3. The number of halogens is 1. The van der Waals surface area contributed by atoms with E-state index in [9.17, 15) is 9.59 Å². The highest BCUT2D eigenvalue weighted by molar-refractivity contribution is 6.31. The van der Waals surface area contributed by atoms with Crippen molar-refractivity contribution in [2.45, 2.75) is 6.92 Å². The lowest BCUT2D eigenvalue weighted by Crippen LogP contribution is -2.11. The molecule has 0 aliphatic heterocycles. The maximum atomic E-state index is 13.4. The van der Waals surface area contributed by atoms with Crippen molar-refractivity contribution in [3.8, 4) is 17.2 Å². The largest absolute Gasteiger partial charge is 0.493 e. The second-order valence-electron chi connectivity index (χ2n) is 5.68. The minimum atomic E-state index is -0.277. The van der Waals surface area contributed by atoms with Crippen molar-refractivity contribution in [3.05, 3.63) is 76.6 Å². The minimum Gasteiger partial charge on any atom is -0.493 e. The van der Waals surface area contributed by atoms with Crippen LogP contribution in [0.15, 0.2) is 54.7 Å². The molecule has 27 heavy (non-hydrogen) atoms. The number of aromatic nitrogens is 1. The number of ketones is 1. The highest BCUT2D eigenvalue weighted by Gasteiger charge is 2.22. The van der Waals surface area contributed by atoms with E-state index < -0.39 is 0 Å². The molecule has 0 fully saturated rings. The Balaban J connectivity index is 2.19. The van der Waals surface area contributed by atoms with Crippen LogP contribution in [0.2, 0.25) is 5.02 Å². The predicted octanol–water partition coefficient (Wildman–Crippen LogP) is 4.58. The lowest BCUT2D eigenvalue weighted by atomic mass is 10.00. The second kappa shape index (κ2) is 8.10. The van der Waals surface area contributed by atoms with Gasteiger partial charge in [0, 0.05) is 16.8 Å². The number of rotatable bonds is 7. The number of methoxy groups -OCH3 is 1. The molecule has 0 bridgehead atoms. The zero-order valence-corrected chi connectivity index (χ0v) is 15.7. The van der Waals surface area contributed by atoms with Gasteiger partial charge < -0.3 is 14.0 Å². The summed E-state index contributed by atoms with van der Waals surface area (Å²) in [5, 5.41) is 0.419. The third-order valence-electron chi connectivity index (χ3n) is 4.10. The van der Waals surface area contributed by atoms with E-state index in [0.29, 0.717) is 45.6 Å². The van der Waals surface area contributed by atoms with Gasteiger partial charge in [0.05, 0.1) is 30.7 Å². The summed E-state index contributed by atoms with van der Waals surface area (Å²) in [7, 11) is 1.52. The summed E-state index contributed by atoms with van der Waals surface area (Å²) in [5.41, 5.74) is 1.71. The monoisotopic (exact) mass is 383 g/mol. The van der Waals surface area contributed by atoms with Gasteiger partial charge in [-0.25, -0.2) is 0 Å². The topological polar surface area (TPSA) is 57.5 Å². The van der Waals surface area contributed by atoms with Crippen molar-refractivity contribution >= 4 is 23.7 Å². The van der Waals surface area contributed by atoms with Crippen molar-refractivity contribution in [1.29, 1.82) is 0 Å². The van der Waals surface area contributed by atoms with Crippen molar-refractivity contribution in [2.24, 2.45) is 0 Å². The molecule has 5 nitrogen and oxygen atoms in total. The lowest BCUT2D eigenvalue weighted by molar-refractivity contribution is 0.103. The number of hydrogen-bond donors (Lipinski definition) is 0. The van der Waals surface area contributed by atoms with E-state index in [2.05, 4.69) is 0 Å². The van der Waals surface area contributed by atoms with Crippen LogP contribution >= 0.6 is 11.6 Å². The fourth-order valence-corrected chi connectivity index (χ4v) is 3.08. The van der Waals surface area contributed by atoms with Crippen molar-refractivity contribution in [2.75, 3.05) is 13.7 Å². The fraction of sp³-hybridized carbons (Fsp3) is 0.143. The van der Waals surface area contributed by atoms with Crippen molar-refractivity contribution < 1.29 is 19.1 Å². The summed E-state index contributed by atoms with van der Waals surface area (Å²) in [6.07, 6.45) is 2.46. The van der Waals surface area contributed by atoms with E-state index in [4.69, 9.17) is 21.1 Å². The molecule has 0 saturated carbocycles. The first kappa shape index (κ1) is 18.7. The van der Waals surface area contributed by atoms with Crippen molar-refractivity contribution in [1.82, 2.24) is 4.57 Å². The van der Waals surface area contributed by atoms with Gasteiger partial charge in [-0.15, -0.1) is 0 Å². The van der Waals surface area contributed by atoms with Crippen LogP contribution in [-0.4, -0.2) is 30.4 Å². The molecular formula is C21H18ClNO4. The number of carbonyl (C=O) groups excluding carboxylic acids is 2. The molecule has 0 amide bonds. The first-order valence-corrected chi connectivity index (χ1v) is 8.75. The molecule has 0 radical (unpaired) electrons. The van der Waals surface area contributed by atoms with Crippen LogP contribution in [0.5, 0.6) is 11.5 Å². The quantitative estimate of drug-likeness (QED) is 0.442. The van der Waals surface area contributed by atoms with Crippen LogP contribution in [0.1, 0.15) is 33.3 Å². The zero-order chi connectivity index (χ0) is 19.4. The second-order valence-corrected chi connectivity index (χ2v) is 6.12. The van der Waals surface area contributed by atoms with E-state index in [0.717, 1.165) is 6.29 Å². The van der Waals surface area contributed by atoms with E-state index in [-0.39, 0.29) is 5.78 Å². The minimum absolute atomic E-state index is 0.277. The molecule has 1 heterocycles. The molecule has 138 valence electrons. The van der Waals surface area contributed by atoms with Gasteiger partial charge in [-0.3, -0.25) is 9.59 Å². The van der Waals surface area contributed by atoms with Crippen LogP contribution in [0.4, 0.5) is 0 Å². The third kappa shape index (κ3) is 3.59. The lowest BCUT2D eigenvalue weighted by Gasteiger charge is -2.16. The average molecular weight is 384 g/mol. The number of benzene rings is 2. The summed E-state index contributed by atoms with van der Waals surface area (Å²) in [5.74, 6) is 0.572. The fourth-order valence-electron chi connectivity index (χ4n) is 2.90. The Hall–Kier alpha value is -3.05. The number of ether oxygens (including phenoxy) is 2. The van der Waals surface area contributed by atoms with Gasteiger partial charge in [0.1, 0.15) is 0 Å². The van der Waals surface area contributed by atoms with Gasteiger partial charge >= 0.3 is 0 Å². The molecule has 0 spiro atoms. The molecular weight excluding hydrogens is 366 g/mol.